The van der Waals surface area contributed by atoms with Crippen LogP contribution in [0.3, 0.4) is 0 Å². The molecule has 0 aromatic rings. The topological polar surface area (TPSA) is 38.0 Å². The van der Waals surface area contributed by atoms with Crippen LogP contribution in [0, 0.1) is 23.7 Å². The lowest BCUT2D eigenvalue weighted by Gasteiger charge is -2.34. The van der Waals surface area contributed by atoms with Gasteiger partial charge in [0, 0.05) is 12.1 Å². The van der Waals surface area contributed by atoms with Gasteiger partial charge in [0.15, 0.2) is 0 Å². The maximum absolute atomic E-state index is 6.06. The quantitative estimate of drug-likeness (QED) is 0.730. The highest BCUT2D eigenvalue weighted by Crippen LogP contribution is 2.36. The van der Waals surface area contributed by atoms with Gasteiger partial charge in [-0.1, -0.05) is 41.0 Å². The standard InChI is InChI=1S/C16H34N2/c1-6-14-7-8-16(9-14,11-17)18-10-15(12(2)3)13(4)5/h12-15,18H,6-11,17H2,1-5H3. The average molecular weight is 254 g/mol. The third-order valence-electron chi connectivity index (χ3n) is 5.10. The van der Waals surface area contributed by atoms with Gasteiger partial charge in [0.1, 0.15) is 0 Å². The van der Waals surface area contributed by atoms with E-state index in [1.165, 1.54) is 25.7 Å². The van der Waals surface area contributed by atoms with E-state index in [4.69, 9.17) is 5.73 Å². The van der Waals surface area contributed by atoms with Gasteiger partial charge in [-0.15, -0.1) is 0 Å². The van der Waals surface area contributed by atoms with E-state index in [0.717, 1.165) is 36.8 Å². The van der Waals surface area contributed by atoms with Crippen molar-refractivity contribution >= 4 is 0 Å². The van der Waals surface area contributed by atoms with Crippen LogP contribution in [-0.2, 0) is 0 Å². The highest BCUT2D eigenvalue weighted by Gasteiger charge is 2.37. The highest BCUT2D eigenvalue weighted by molar-refractivity contribution is 4.97. The fourth-order valence-electron chi connectivity index (χ4n) is 3.58. The van der Waals surface area contributed by atoms with Gasteiger partial charge < -0.3 is 11.1 Å². The number of hydrogen-bond donors (Lipinski definition) is 2. The molecule has 2 atom stereocenters. The molecule has 1 aliphatic carbocycles. The summed E-state index contributed by atoms with van der Waals surface area (Å²) in [5.74, 6) is 3.14. The first-order valence-corrected chi connectivity index (χ1v) is 7.89. The average Bonchev–Trinajstić information content (AvgIpc) is 2.73. The predicted octanol–water partition coefficient (Wildman–Crippen LogP) is 3.41. The molecule has 2 nitrogen and oxygen atoms in total. The summed E-state index contributed by atoms with van der Waals surface area (Å²) in [6.07, 6.45) is 5.21. The summed E-state index contributed by atoms with van der Waals surface area (Å²) < 4.78 is 0. The molecule has 0 spiro atoms. The lowest BCUT2D eigenvalue weighted by atomic mass is 9.84. The Morgan fingerprint density at radius 1 is 1.22 bits per heavy atom. The van der Waals surface area contributed by atoms with Crippen LogP contribution >= 0.6 is 0 Å². The molecule has 0 aliphatic heterocycles. The lowest BCUT2D eigenvalue weighted by molar-refractivity contribution is 0.229. The molecule has 3 N–H and O–H groups in total. The van der Waals surface area contributed by atoms with Crippen molar-refractivity contribution in [3.8, 4) is 0 Å². The van der Waals surface area contributed by atoms with Crippen molar-refractivity contribution in [2.24, 2.45) is 29.4 Å². The normalized spacial score (nSPS) is 28.8. The van der Waals surface area contributed by atoms with E-state index in [9.17, 15) is 0 Å². The molecular weight excluding hydrogens is 220 g/mol. The molecule has 1 aliphatic rings. The van der Waals surface area contributed by atoms with E-state index in [1.54, 1.807) is 0 Å². The number of nitrogens with two attached hydrogens (primary N) is 1. The molecule has 0 aromatic carbocycles. The van der Waals surface area contributed by atoms with Crippen molar-refractivity contribution in [1.29, 1.82) is 0 Å². The zero-order valence-electron chi connectivity index (χ0n) is 13.1. The molecule has 0 aromatic heterocycles. The van der Waals surface area contributed by atoms with Crippen LogP contribution in [0.25, 0.3) is 0 Å². The summed E-state index contributed by atoms with van der Waals surface area (Å²) in [5, 5.41) is 3.85. The molecule has 0 bridgehead atoms. The van der Waals surface area contributed by atoms with Crippen molar-refractivity contribution < 1.29 is 0 Å². The third-order valence-corrected chi connectivity index (χ3v) is 5.10. The second-order valence-electron chi connectivity index (χ2n) is 7.03. The van der Waals surface area contributed by atoms with E-state index >= 15 is 0 Å². The number of nitrogens with one attached hydrogen (secondary N) is 1. The SMILES string of the molecule is CCC1CCC(CN)(NCC(C(C)C)C(C)C)C1. The molecule has 108 valence electrons. The molecule has 0 amide bonds. The van der Waals surface area contributed by atoms with Gasteiger partial charge in [0.2, 0.25) is 0 Å². The monoisotopic (exact) mass is 254 g/mol. The molecule has 1 fully saturated rings. The Morgan fingerprint density at radius 2 is 1.83 bits per heavy atom. The summed E-state index contributed by atoms with van der Waals surface area (Å²) >= 11 is 0. The summed E-state index contributed by atoms with van der Waals surface area (Å²) in [6.45, 7) is 13.6. The molecule has 18 heavy (non-hydrogen) atoms. The largest absolute Gasteiger partial charge is 0.329 e. The summed E-state index contributed by atoms with van der Waals surface area (Å²) in [5.41, 5.74) is 6.30. The molecule has 0 heterocycles. The third kappa shape index (κ3) is 3.96. The Labute approximate surface area is 114 Å². The van der Waals surface area contributed by atoms with Crippen LogP contribution in [0.2, 0.25) is 0 Å². The van der Waals surface area contributed by atoms with Crippen molar-refractivity contribution in [1.82, 2.24) is 5.32 Å². The first-order valence-electron chi connectivity index (χ1n) is 7.89. The van der Waals surface area contributed by atoms with Gasteiger partial charge in [-0.3, -0.25) is 0 Å². The smallest absolute Gasteiger partial charge is 0.0306 e. The van der Waals surface area contributed by atoms with Crippen LogP contribution in [0.1, 0.15) is 60.3 Å². The molecule has 2 unspecified atom stereocenters. The van der Waals surface area contributed by atoms with Crippen LogP contribution in [0.4, 0.5) is 0 Å². The molecule has 0 radical (unpaired) electrons. The highest BCUT2D eigenvalue weighted by atomic mass is 15.0. The van der Waals surface area contributed by atoms with Gasteiger partial charge in [-0.05, 0) is 49.5 Å². The summed E-state index contributed by atoms with van der Waals surface area (Å²) in [7, 11) is 0. The Balaban J connectivity index is 2.54. The van der Waals surface area contributed by atoms with Gasteiger partial charge in [0.05, 0.1) is 0 Å². The van der Waals surface area contributed by atoms with Crippen LogP contribution in [0.15, 0.2) is 0 Å². The molecular formula is C16H34N2. The Kier molecular flexibility index (Phi) is 6.13. The maximum atomic E-state index is 6.06. The minimum absolute atomic E-state index is 0.239. The molecule has 0 saturated heterocycles. The minimum atomic E-state index is 0.239. The fraction of sp³-hybridized carbons (Fsp3) is 1.00. The van der Waals surface area contributed by atoms with Crippen molar-refractivity contribution in [3.05, 3.63) is 0 Å². The van der Waals surface area contributed by atoms with Gasteiger partial charge in [0.25, 0.3) is 0 Å². The van der Waals surface area contributed by atoms with E-state index in [-0.39, 0.29) is 5.54 Å². The number of hydrogen-bond acceptors (Lipinski definition) is 2. The Morgan fingerprint density at radius 3 is 2.22 bits per heavy atom. The van der Waals surface area contributed by atoms with E-state index in [1.807, 2.05) is 0 Å². The molecule has 1 saturated carbocycles. The molecule has 2 heteroatoms. The second kappa shape index (κ2) is 6.91. The van der Waals surface area contributed by atoms with E-state index in [2.05, 4.69) is 39.9 Å². The first-order chi connectivity index (χ1) is 8.44. The van der Waals surface area contributed by atoms with E-state index in [0.29, 0.717) is 0 Å². The van der Waals surface area contributed by atoms with Gasteiger partial charge in [-0.2, -0.15) is 0 Å². The van der Waals surface area contributed by atoms with Crippen molar-refractivity contribution in [2.45, 2.75) is 65.8 Å². The van der Waals surface area contributed by atoms with Crippen molar-refractivity contribution in [3.63, 3.8) is 0 Å². The van der Waals surface area contributed by atoms with Gasteiger partial charge >= 0.3 is 0 Å². The molecule has 1 rings (SSSR count). The van der Waals surface area contributed by atoms with Crippen LogP contribution in [-0.4, -0.2) is 18.6 Å². The second-order valence-corrected chi connectivity index (χ2v) is 7.03. The first kappa shape index (κ1) is 16.0. The fourth-order valence-corrected chi connectivity index (χ4v) is 3.58. The zero-order chi connectivity index (χ0) is 13.8. The summed E-state index contributed by atoms with van der Waals surface area (Å²) in [6, 6.07) is 0. The van der Waals surface area contributed by atoms with E-state index < -0.39 is 0 Å². The van der Waals surface area contributed by atoms with Gasteiger partial charge in [-0.25, -0.2) is 0 Å². The lowest BCUT2D eigenvalue weighted by Crippen LogP contribution is -2.51. The van der Waals surface area contributed by atoms with Crippen molar-refractivity contribution in [2.75, 3.05) is 13.1 Å². The maximum Gasteiger partial charge on any atom is 0.0306 e. The Hall–Kier alpha value is -0.0800. The van der Waals surface area contributed by atoms with Crippen LogP contribution in [0.5, 0.6) is 0 Å². The predicted molar refractivity (Wildman–Crippen MR) is 80.6 cm³/mol. The summed E-state index contributed by atoms with van der Waals surface area (Å²) in [4.78, 5) is 0. The Bertz CT molecular complexity index is 229. The minimum Gasteiger partial charge on any atom is -0.329 e. The number of rotatable bonds is 7. The zero-order valence-corrected chi connectivity index (χ0v) is 13.1. The van der Waals surface area contributed by atoms with Crippen LogP contribution < -0.4 is 11.1 Å².